The van der Waals surface area contributed by atoms with Crippen molar-refractivity contribution in [3.8, 4) is 45.3 Å². The molecule has 0 atom stereocenters. The summed E-state index contributed by atoms with van der Waals surface area (Å²) in [6, 6.07) is 30.9. The summed E-state index contributed by atoms with van der Waals surface area (Å²) in [4.78, 5) is 25.4. The molecule has 6 rings (SSSR count). The summed E-state index contributed by atoms with van der Waals surface area (Å²) in [6.07, 6.45) is 0. The molecule has 0 unspecified atom stereocenters. The molecule has 0 N–H and O–H groups in total. The molecule has 0 saturated carbocycles. The SMILES string of the molecule is CC(C)(C)[Si](C)(C)Oc1ccc2c(-c3ccccc3)cc(=O)oc2c1O[Si](C)(C)C(C)(C)C.CC(C)(C)[Si](C)(C)Oc1ccc2c(-c3ccccc3)cc(=O)oc2c1O[Si](C)(C)C(C)(C)C. The molecular formula is C54H76O8Si4. The first-order chi connectivity index (χ1) is 30.1. The zero-order valence-corrected chi connectivity index (χ0v) is 47.5. The molecule has 356 valence electrons. The molecule has 0 spiro atoms. The Morgan fingerprint density at radius 2 is 0.652 bits per heavy atom. The average Bonchev–Trinajstić information content (AvgIpc) is 3.18. The first-order valence-electron chi connectivity index (χ1n) is 23.2. The zero-order chi connectivity index (χ0) is 49.6. The highest BCUT2D eigenvalue weighted by atomic mass is 28.4. The van der Waals surface area contributed by atoms with E-state index in [4.69, 9.17) is 26.5 Å². The number of hydrogen-bond donors (Lipinski definition) is 0. The molecule has 0 amide bonds. The second kappa shape index (κ2) is 18.5. The van der Waals surface area contributed by atoms with Gasteiger partial charge in [0.25, 0.3) is 33.3 Å². The van der Waals surface area contributed by atoms with Gasteiger partial charge in [-0.2, -0.15) is 0 Å². The normalized spacial score (nSPS) is 13.3. The van der Waals surface area contributed by atoms with Crippen LogP contribution in [0.4, 0.5) is 0 Å². The highest BCUT2D eigenvalue weighted by Crippen LogP contribution is 2.49. The lowest BCUT2D eigenvalue weighted by Gasteiger charge is -2.39. The third-order valence-electron chi connectivity index (χ3n) is 14.5. The molecule has 4 aromatic carbocycles. The topological polar surface area (TPSA) is 97.3 Å². The molecular weight excluding hydrogens is 889 g/mol. The zero-order valence-electron chi connectivity index (χ0n) is 43.5. The van der Waals surface area contributed by atoms with Gasteiger partial charge in [0.05, 0.1) is 0 Å². The maximum Gasteiger partial charge on any atom is 0.336 e. The third kappa shape index (κ3) is 11.4. The van der Waals surface area contributed by atoms with E-state index in [-0.39, 0.29) is 20.2 Å². The average molecular weight is 966 g/mol. The smallest absolute Gasteiger partial charge is 0.336 e. The summed E-state index contributed by atoms with van der Waals surface area (Å²) in [5, 5.41) is 1.67. The van der Waals surface area contributed by atoms with Crippen LogP contribution in [0.3, 0.4) is 0 Å². The van der Waals surface area contributed by atoms with Gasteiger partial charge < -0.3 is 26.5 Å². The van der Waals surface area contributed by atoms with Crippen LogP contribution in [0, 0.1) is 0 Å². The number of fused-ring (bicyclic) bond motifs is 2. The van der Waals surface area contributed by atoms with Crippen molar-refractivity contribution >= 4 is 55.2 Å². The van der Waals surface area contributed by atoms with Gasteiger partial charge in [-0.15, -0.1) is 0 Å². The van der Waals surface area contributed by atoms with Crippen molar-refractivity contribution in [2.24, 2.45) is 0 Å². The van der Waals surface area contributed by atoms with Crippen molar-refractivity contribution in [2.75, 3.05) is 0 Å². The van der Waals surface area contributed by atoms with Crippen LogP contribution in [-0.4, -0.2) is 33.3 Å². The predicted octanol–water partition coefficient (Wildman–Crippen LogP) is 16.5. The van der Waals surface area contributed by atoms with Gasteiger partial charge in [-0.25, -0.2) is 9.59 Å². The molecule has 0 aliphatic carbocycles. The largest absolute Gasteiger partial charge is 0.541 e. The lowest BCUT2D eigenvalue weighted by molar-refractivity contribution is 0.433. The van der Waals surface area contributed by atoms with Gasteiger partial charge in [-0.1, -0.05) is 144 Å². The molecule has 8 nitrogen and oxygen atoms in total. The van der Waals surface area contributed by atoms with Crippen LogP contribution >= 0.6 is 0 Å². The van der Waals surface area contributed by atoms with Gasteiger partial charge in [0.15, 0.2) is 22.7 Å². The Morgan fingerprint density at radius 1 is 0.379 bits per heavy atom. The van der Waals surface area contributed by atoms with E-state index >= 15 is 0 Å². The van der Waals surface area contributed by atoms with Gasteiger partial charge in [-0.05, 0) is 119 Å². The Hall–Kier alpha value is -4.63. The fourth-order valence-corrected chi connectivity index (χ4v) is 10.2. The van der Waals surface area contributed by atoms with Gasteiger partial charge in [0, 0.05) is 22.9 Å². The van der Waals surface area contributed by atoms with Gasteiger partial charge in [-0.3, -0.25) is 0 Å². The summed E-state index contributed by atoms with van der Waals surface area (Å²) in [5.41, 5.74) is 3.72. The Bertz CT molecular complexity index is 2590. The maximum atomic E-state index is 12.7. The monoisotopic (exact) mass is 964 g/mol. The van der Waals surface area contributed by atoms with Crippen LogP contribution < -0.4 is 29.0 Å². The second-order valence-corrected chi connectivity index (χ2v) is 42.6. The van der Waals surface area contributed by atoms with E-state index in [9.17, 15) is 9.59 Å². The fraction of sp³-hybridized carbons (Fsp3) is 0.444. The summed E-state index contributed by atoms with van der Waals surface area (Å²) >= 11 is 0. The molecule has 2 aromatic heterocycles. The maximum absolute atomic E-state index is 12.7. The van der Waals surface area contributed by atoms with Crippen LogP contribution in [-0.2, 0) is 0 Å². The standard InChI is InChI=1S/2C27H38O4Si2/c2*1-26(2,3)32(7,8)30-22-17-16-20-21(19-14-12-11-13-15-19)18-23(28)29-24(20)25(22)31-33(9,10)27(4,5)6/h2*11-18H,1-10H3. The van der Waals surface area contributed by atoms with Crippen molar-refractivity contribution in [2.45, 2.75) is 156 Å². The highest BCUT2D eigenvalue weighted by molar-refractivity contribution is 6.76. The van der Waals surface area contributed by atoms with E-state index in [0.717, 1.165) is 33.0 Å². The summed E-state index contributed by atoms with van der Waals surface area (Å²) < 4.78 is 38.7. The Kier molecular flexibility index (Phi) is 14.6. The predicted molar refractivity (Wildman–Crippen MR) is 287 cm³/mol. The van der Waals surface area contributed by atoms with Crippen molar-refractivity contribution in [3.63, 3.8) is 0 Å². The molecule has 0 saturated heterocycles. The van der Waals surface area contributed by atoms with Gasteiger partial charge >= 0.3 is 11.3 Å². The first-order valence-corrected chi connectivity index (χ1v) is 34.8. The fourth-order valence-electron chi connectivity index (χ4n) is 6.11. The van der Waals surface area contributed by atoms with Crippen molar-refractivity contribution in [1.82, 2.24) is 0 Å². The Labute approximate surface area is 398 Å². The highest BCUT2D eigenvalue weighted by Gasteiger charge is 2.45. The third-order valence-corrected chi connectivity index (χ3v) is 31.8. The lowest BCUT2D eigenvalue weighted by atomic mass is 10.0. The van der Waals surface area contributed by atoms with E-state index in [1.54, 1.807) is 12.1 Å². The molecule has 0 bridgehead atoms. The van der Waals surface area contributed by atoms with E-state index in [1.165, 1.54) is 0 Å². The van der Waals surface area contributed by atoms with Crippen LogP contribution in [0.25, 0.3) is 44.2 Å². The number of hydrogen-bond acceptors (Lipinski definition) is 8. The Morgan fingerprint density at radius 3 is 0.924 bits per heavy atom. The molecule has 6 aromatic rings. The first kappa shape index (κ1) is 52.3. The molecule has 2 heterocycles. The van der Waals surface area contributed by atoms with Crippen LogP contribution in [0.2, 0.25) is 72.5 Å². The minimum atomic E-state index is -2.26. The van der Waals surface area contributed by atoms with Gasteiger partial charge in [0.2, 0.25) is 0 Å². The number of benzene rings is 4. The van der Waals surface area contributed by atoms with E-state index in [0.29, 0.717) is 34.2 Å². The van der Waals surface area contributed by atoms with E-state index in [2.05, 4.69) is 135 Å². The summed E-state index contributed by atoms with van der Waals surface area (Å²) in [5.74, 6) is 2.43. The number of rotatable bonds is 10. The van der Waals surface area contributed by atoms with Crippen LogP contribution in [0.15, 0.2) is 115 Å². The molecule has 0 aliphatic heterocycles. The van der Waals surface area contributed by atoms with Crippen molar-refractivity contribution in [3.05, 3.63) is 118 Å². The minimum Gasteiger partial charge on any atom is -0.541 e. The quantitative estimate of drug-likeness (QED) is 0.0989. The summed E-state index contributed by atoms with van der Waals surface area (Å²) in [7, 11) is -8.83. The Balaban J connectivity index is 0.000000247. The molecule has 66 heavy (non-hydrogen) atoms. The summed E-state index contributed by atoms with van der Waals surface area (Å²) in [6.45, 7) is 44.1. The molecule has 0 radical (unpaired) electrons. The van der Waals surface area contributed by atoms with Crippen LogP contribution in [0.5, 0.6) is 23.0 Å². The molecule has 0 aliphatic rings. The molecule has 12 heteroatoms. The van der Waals surface area contributed by atoms with Crippen molar-refractivity contribution in [1.29, 1.82) is 0 Å². The van der Waals surface area contributed by atoms with Gasteiger partial charge in [0.1, 0.15) is 11.5 Å². The van der Waals surface area contributed by atoms with Crippen molar-refractivity contribution < 1.29 is 26.5 Å². The molecule has 0 fully saturated rings. The van der Waals surface area contributed by atoms with E-state index < -0.39 is 44.5 Å². The van der Waals surface area contributed by atoms with Crippen LogP contribution in [0.1, 0.15) is 83.1 Å². The van der Waals surface area contributed by atoms with E-state index in [1.807, 2.05) is 84.9 Å². The minimum absolute atomic E-state index is 0.0168. The second-order valence-electron chi connectivity index (χ2n) is 23.7. The lowest BCUT2D eigenvalue weighted by Crippen LogP contribution is -2.45.